The molecule has 1 saturated heterocycles. The van der Waals surface area contributed by atoms with Crippen LogP contribution in [0.15, 0.2) is 18.2 Å². The first kappa shape index (κ1) is 15.4. The van der Waals surface area contributed by atoms with Crippen molar-refractivity contribution in [2.45, 2.75) is 52.4 Å². The zero-order chi connectivity index (χ0) is 14.6. The molecule has 1 N–H and O–H groups in total. The maximum atomic E-state index is 6.14. The largest absolute Gasteiger partial charge is 0.493 e. The van der Waals surface area contributed by atoms with E-state index in [0.717, 1.165) is 18.8 Å². The summed E-state index contributed by atoms with van der Waals surface area (Å²) in [4.78, 5) is 1.76. The fraction of sp³-hybridized carbons (Fsp3) is 0.667. The lowest BCUT2D eigenvalue weighted by Gasteiger charge is -2.24. The zero-order valence-electron chi connectivity index (χ0n) is 13.6. The van der Waals surface area contributed by atoms with Crippen LogP contribution in [-0.2, 0) is 5.41 Å². The van der Waals surface area contributed by atoms with E-state index < -0.39 is 0 Å². The third-order valence-electron chi connectivity index (χ3n) is 4.25. The van der Waals surface area contributed by atoms with Gasteiger partial charge in [-0.15, -0.1) is 0 Å². The molecule has 1 aliphatic rings. The SMILES string of the molecule is Cc1cccc(C(C)(C)C)c1OCCC[NH+]1CCCC1. The number of likely N-dealkylation sites (tertiary alicyclic amines) is 1. The molecule has 0 aromatic heterocycles. The summed E-state index contributed by atoms with van der Waals surface area (Å²) in [6.45, 7) is 13.7. The number of para-hydroxylation sites is 1. The van der Waals surface area contributed by atoms with Crippen molar-refractivity contribution >= 4 is 0 Å². The summed E-state index contributed by atoms with van der Waals surface area (Å²) >= 11 is 0. The number of nitrogens with one attached hydrogen (secondary N) is 1. The van der Waals surface area contributed by atoms with E-state index in [1.54, 1.807) is 4.90 Å². The van der Waals surface area contributed by atoms with Gasteiger partial charge in [-0.25, -0.2) is 0 Å². The van der Waals surface area contributed by atoms with E-state index >= 15 is 0 Å². The molecule has 0 spiro atoms. The molecular weight excluding hydrogens is 246 g/mol. The fourth-order valence-corrected chi connectivity index (χ4v) is 3.06. The van der Waals surface area contributed by atoms with Gasteiger partial charge in [-0.3, -0.25) is 0 Å². The number of rotatable bonds is 5. The minimum Gasteiger partial charge on any atom is -0.493 e. The van der Waals surface area contributed by atoms with Crippen LogP contribution in [-0.4, -0.2) is 26.2 Å². The van der Waals surface area contributed by atoms with Crippen molar-refractivity contribution in [1.82, 2.24) is 0 Å². The van der Waals surface area contributed by atoms with Gasteiger partial charge in [0.05, 0.1) is 26.2 Å². The van der Waals surface area contributed by atoms with Crippen molar-refractivity contribution in [3.63, 3.8) is 0 Å². The van der Waals surface area contributed by atoms with E-state index in [-0.39, 0.29) is 5.41 Å². The zero-order valence-corrected chi connectivity index (χ0v) is 13.6. The van der Waals surface area contributed by atoms with Gasteiger partial charge in [-0.1, -0.05) is 39.0 Å². The van der Waals surface area contributed by atoms with E-state index in [1.165, 1.54) is 43.6 Å². The average Bonchev–Trinajstić information content (AvgIpc) is 2.88. The van der Waals surface area contributed by atoms with E-state index in [4.69, 9.17) is 4.74 Å². The highest BCUT2D eigenvalue weighted by Gasteiger charge is 2.20. The first-order valence-electron chi connectivity index (χ1n) is 8.05. The second-order valence-electron chi connectivity index (χ2n) is 7.11. The second kappa shape index (κ2) is 6.62. The molecule has 0 bridgehead atoms. The van der Waals surface area contributed by atoms with Gasteiger partial charge in [0.2, 0.25) is 0 Å². The summed E-state index contributed by atoms with van der Waals surface area (Å²) in [6, 6.07) is 6.49. The predicted octanol–water partition coefficient (Wildman–Crippen LogP) is 2.74. The quantitative estimate of drug-likeness (QED) is 0.817. The maximum absolute atomic E-state index is 6.14. The van der Waals surface area contributed by atoms with Crippen LogP contribution in [0.2, 0.25) is 0 Å². The fourth-order valence-electron chi connectivity index (χ4n) is 3.06. The van der Waals surface area contributed by atoms with Crippen LogP contribution in [0.1, 0.15) is 51.2 Å². The first-order chi connectivity index (χ1) is 9.48. The molecule has 20 heavy (non-hydrogen) atoms. The van der Waals surface area contributed by atoms with Crippen molar-refractivity contribution in [3.8, 4) is 5.75 Å². The summed E-state index contributed by atoms with van der Waals surface area (Å²) in [7, 11) is 0. The van der Waals surface area contributed by atoms with Crippen LogP contribution >= 0.6 is 0 Å². The van der Waals surface area contributed by atoms with Crippen molar-refractivity contribution < 1.29 is 9.64 Å². The Morgan fingerprint density at radius 3 is 2.50 bits per heavy atom. The smallest absolute Gasteiger partial charge is 0.125 e. The highest BCUT2D eigenvalue weighted by molar-refractivity contribution is 5.44. The second-order valence-corrected chi connectivity index (χ2v) is 7.11. The molecule has 0 unspecified atom stereocenters. The Bertz CT molecular complexity index is 428. The summed E-state index contributed by atoms with van der Waals surface area (Å²) in [5, 5.41) is 0. The summed E-state index contributed by atoms with van der Waals surface area (Å²) < 4.78 is 6.14. The van der Waals surface area contributed by atoms with Gasteiger partial charge < -0.3 is 9.64 Å². The molecule has 2 nitrogen and oxygen atoms in total. The Kier molecular flexibility index (Phi) is 5.09. The number of quaternary nitrogens is 1. The number of hydrogen-bond donors (Lipinski definition) is 1. The van der Waals surface area contributed by atoms with Crippen LogP contribution in [0.25, 0.3) is 0 Å². The van der Waals surface area contributed by atoms with E-state index in [2.05, 4.69) is 45.9 Å². The summed E-state index contributed by atoms with van der Waals surface area (Å²) in [6.07, 6.45) is 3.97. The third kappa shape index (κ3) is 3.99. The first-order valence-corrected chi connectivity index (χ1v) is 8.05. The standard InChI is InChI=1S/C18H29NO/c1-15-9-7-10-16(18(2,3)4)17(15)20-14-8-13-19-11-5-6-12-19/h7,9-10H,5-6,8,11-14H2,1-4H3/p+1. The normalized spacial score (nSPS) is 16.6. The van der Waals surface area contributed by atoms with Crippen molar-refractivity contribution in [2.75, 3.05) is 26.2 Å². The summed E-state index contributed by atoms with van der Waals surface area (Å²) in [5.41, 5.74) is 2.72. The van der Waals surface area contributed by atoms with Crippen molar-refractivity contribution in [2.24, 2.45) is 0 Å². The Morgan fingerprint density at radius 1 is 1.15 bits per heavy atom. The molecule has 1 heterocycles. The average molecular weight is 276 g/mol. The van der Waals surface area contributed by atoms with Gasteiger partial charge in [0.15, 0.2) is 0 Å². The van der Waals surface area contributed by atoms with Crippen molar-refractivity contribution in [1.29, 1.82) is 0 Å². The van der Waals surface area contributed by atoms with Gasteiger partial charge in [0.25, 0.3) is 0 Å². The highest BCUT2D eigenvalue weighted by atomic mass is 16.5. The Labute approximate surface area is 124 Å². The van der Waals surface area contributed by atoms with Gasteiger partial charge in [-0.2, -0.15) is 0 Å². The maximum Gasteiger partial charge on any atom is 0.125 e. The molecule has 112 valence electrons. The van der Waals surface area contributed by atoms with Crippen LogP contribution in [0.5, 0.6) is 5.75 Å². The molecule has 1 fully saturated rings. The monoisotopic (exact) mass is 276 g/mol. The van der Waals surface area contributed by atoms with Crippen LogP contribution < -0.4 is 9.64 Å². The Morgan fingerprint density at radius 2 is 1.85 bits per heavy atom. The summed E-state index contributed by atoms with van der Waals surface area (Å²) in [5.74, 6) is 1.11. The predicted molar refractivity (Wildman–Crippen MR) is 84.8 cm³/mol. The third-order valence-corrected chi connectivity index (χ3v) is 4.25. The van der Waals surface area contributed by atoms with E-state index in [9.17, 15) is 0 Å². The molecule has 1 aliphatic heterocycles. The molecule has 2 heteroatoms. The lowest BCUT2D eigenvalue weighted by Crippen LogP contribution is -3.10. The molecular formula is C18H30NO+. The van der Waals surface area contributed by atoms with Crippen molar-refractivity contribution in [3.05, 3.63) is 29.3 Å². The highest BCUT2D eigenvalue weighted by Crippen LogP contribution is 2.33. The Hall–Kier alpha value is -1.02. The molecule has 0 aliphatic carbocycles. The molecule has 0 radical (unpaired) electrons. The molecule has 0 saturated carbocycles. The number of aryl methyl sites for hydroxylation is 1. The molecule has 1 aromatic carbocycles. The van der Waals surface area contributed by atoms with Crippen LogP contribution in [0.3, 0.4) is 0 Å². The molecule has 0 atom stereocenters. The molecule has 1 aromatic rings. The van der Waals surface area contributed by atoms with Crippen LogP contribution in [0, 0.1) is 6.92 Å². The lowest BCUT2D eigenvalue weighted by atomic mass is 9.85. The number of benzene rings is 1. The van der Waals surface area contributed by atoms with Gasteiger partial charge in [0.1, 0.15) is 5.75 Å². The minimum absolute atomic E-state index is 0.140. The lowest BCUT2D eigenvalue weighted by molar-refractivity contribution is -0.887. The van der Waals surface area contributed by atoms with Crippen LogP contribution in [0.4, 0.5) is 0 Å². The number of hydrogen-bond acceptors (Lipinski definition) is 1. The van der Waals surface area contributed by atoms with Gasteiger partial charge in [0, 0.05) is 19.3 Å². The minimum atomic E-state index is 0.140. The topological polar surface area (TPSA) is 13.7 Å². The van der Waals surface area contributed by atoms with E-state index in [0.29, 0.717) is 0 Å². The number of ether oxygens (including phenoxy) is 1. The van der Waals surface area contributed by atoms with Gasteiger partial charge in [-0.05, 0) is 23.5 Å². The van der Waals surface area contributed by atoms with E-state index in [1.807, 2.05) is 0 Å². The van der Waals surface area contributed by atoms with Gasteiger partial charge >= 0.3 is 0 Å². The molecule has 2 rings (SSSR count). The molecule has 0 amide bonds. The Balaban J connectivity index is 1.91.